The number of cyclic esters (lactones) is 1. The van der Waals surface area contributed by atoms with Crippen LogP contribution >= 0.6 is 22.9 Å². The van der Waals surface area contributed by atoms with Crippen LogP contribution in [-0.2, 0) is 4.74 Å². The predicted molar refractivity (Wildman–Crippen MR) is 86.6 cm³/mol. The van der Waals surface area contributed by atoms with Crippen LogP contribution in [0.3, 0.4) is 0 Å². The van der Waals surface area contributed by atoms with E-state index in [1.54, 1.807) is 6.07 Å². The summed E-state index contributed by atoms with van der Waals surface area (Å²) < 4.78 is 47.0. The Morgan fingerprint density at radius 3 is 2.73 bits per heavy atom. The summed E-state index contributed by atoms with van der Waals surface area (Å²) in [4.78, 5) is 25.4. The van der Waals surface area contributed by atoms with Crippen molar-refractivity contribution in [3.8, 4) is 5.75 Å². The van der Waals surface area contributed by atoms with Crippen LogP contribution in [0.2, 0.25) is 5.02 Å². The number of alkyl carbamates (subject to hydrolysis) is 1. The number of nitrogens with one attached hydrogen (secondary N) is 1. The zero-order valence-electron chi connectivity index (χ0n) is 12.9. The summed E-state index contributed by atoms with van der Waals surface area (Å²) in [6, 6.07) is 4.11. The SMILES string of the molecule is O=C1NC2(CO1)CN(C(=O)c1sc3cccc(OC(F)(F)F)c3c1Cl)C2. The molecule has 0 saturated carbocycles. The molecule has 1 aromatic heterocycles. The maximum absolute atomic E-state index is 12.7. The fourth-order valence-corrected chi connectivity index (χ4v) is 4.59. The lowest BCUT2D eigenvalue weighted by molar-refractivity contribution is -0.274. The van der Waals surface area contributed by atoms with Crippen LogP contribution in [0.4, 0.5) is 18.0 Å². The first-order valence-electron chi connectivity index (χ1n) is 7.38. The molecule has 0 atom stereocenters. The van der Waals surface area contributed by atoms with E-state index >= 15 is 0 Å². The molecule has 1 aromatic carbocycles. The molecule has 0 radical (unpaired) electrons. The molecule has 2 aromatic rings. The number of benzene rings is 1. The van der Waals surface area contributed by atoms with Gasteiger partial charge in [0.05, 0.1) is 10.4 Å². The number of likely N-dealkylation sites (tertiary alicyclic amines) is 1. The van der Waals surface area contributed by atoms with Gasteiger partial charge in [0.25, 0.3) is 5.91 Å². The molecule has 2 aliphatic heterocycles. The highest BCUT2D eigenvalue weighted by molar-refractivity contribution is 7.21. The van der Waals surface area contributed by atoms with Crippen molar-refractivity contribution in [3.05, 3.63) is 28.1 Å². The average Bonchev–Trinajstić information content (AvgIpc) is 3.05. The standard InChI is InChI=1S/C15H10ClF3N2O4S/c16-10-9-7(25-15(17,18)19)2-1-3-8(9)26-11(10)12(22)21-4-14(5-21)6-24-13(23)20-14/h1-3H,4-6H2,(H,20,23). The van der Waals surface area contributed by atoms with Crippen LogP contribution in [0.25, 0.3) is 10.1 Å². The van der Waals surface area contributed by atoms with Gasteiger partial charge in [0.15, 0.2) is 0 Å². The van der Waals surface area contributed by atoms with Crippen molar-refractivity contribution in [1.82, 2.24) is 10.2 Å². The Morgan fingerprint density at radius 1 is 1.38 bits per heavy atom. The highest BCUT2D eigenvalue weighted by atomic mass is 35.5. The monoisotopic (exact) mass is 406 g/mol. The predicted octanol–water partition coefficient (Wildman–Crippen LogP) is 3.39. The Bertz CT molecular complexity index is 923. The second-order valence-electron chi connectivity index (χ2n) is 6.06. The van der Waals surface area contributed by atoms with Gasteiger partial charge in [-0.05, 0) is 12.1 Å². The van der Waals surface area contributed by atoms with Crippen LogP contribution in [0, 0.1) is 0 Å². The molecule has 0 unspecified atom stereocenters. The van der Waals surface area contributed by atoms with Crippen LogP contribution in [0.1, 0.15) is 9.67 Å². The molecule has 2 aliphatic rings. The van der Waals surface area contributed by atoms with E-state index in [-0.39, 0.29) is 35.0 Å². The third kappa shape index (κ3) is 2.82. The van der Waals surface area contributed by atoms with Gasteiger partial charge in [-0.15, -0.1) is 24.5 Å². The minimum absolute atomic E-state index is 0.0487. The number of ether oxygens (including phenoxy) is 2. The first-order chi connectivity index (χ1) is 12.2. The van der Waals surface area contributed by atoms with Gasteiger partial charge in [-0.2, -0.15) is 0 Å². The van der Waals surface area contributed by atoms with Crippen molar-refractivity contribution in [2.45, 2.75) is 11.9 Å². The van der Waals surface area contributed by atoms with Crippen molar-refractivity contribution < 1.29 is 32.2 Å². The number of fused-ring (bicyclic) bond motifs is 1. The van der Waals surface area contributed by atoms with E-state index in [9.17, 15) is 22.8 Å². The molecule has 0 aliphatic carbocycles. The molecule has 2 saturated heterocycles. The number of carbonyl (C=O) groups excluding carboxylic acids is 2. The van der Waals surface area contributed by atoms with Gasteiger partial charge in [-0.1, -0.05) is 17.7 Å². The minimum Gasteiger partial charge on any atom is -0.447 e. The molecule has 1 spiro atoms. The van der Waals surface area contributed by atoms with Crippen LogP contribution in [0.15, 0.2) is 18.2 Å². The normalized spacial score (nSPS) is 18.6. The third-order valence-electron chi connectivity index (χ3n) is 4.16. The number of alkyl halides is 3. The van der Waals surface area contributed by atoms with Crippen molar-refractivity contribution in [2.24, 2.45) is 0 Å². The molecule has 11 heteroatoms. The lowest BCUT2D eigenvalue weighted by Gasteiger charge is -2.45. The molecule has 1 N–H and O–H groups in total. The smallest absolute Gasteiger partial charge is 0.447 e. The Balaban J connectivity index is 1.61. The summed E-state index contributed by atoms with van der Waals surface area (Å²) in [6.45, 7) is 0.654. The molecule has 2 amide bonds. The lowest BCUT2D eigenvalue weighted by atomic mass is 9.91. The number of halogens is 4. The Kier molecular flexibility index (Phi) is 3.74. The van der Waals surface area contributed by atoms with Gasteiger partial charge in [-0.3, -0.25) is 4.79 Å². The molecular weight excluding hydrogens is 397 g/mol. The molecular formula is C15H10ClF3N2O4S. The van der Waals surface area contributed by atoms with Gasteiger partial charge in [0.1, 0.15) is 22.8 Å². The molecule has 6 nitrogen and oxygen atoms in total. The number of amides is 2. The lowest BCUT2D eigenvalue weighted by Crippen LogP contribution is -2.69. The third-order valence-corrected chi connectivity index (χ3v) is 5.79. The maximum Gasteiger partial charge on any atom is 0.573 e. The Labute approximate surface area is 153 Å². The highest BCUT2D eigenvalue weighted by Crippen LogP contribution is 2.43. The minimum atomic E-state index is -4.87. The zero-order chi connectivity index (χ0) is 18.7. The molecule has 0 bridgehead atoms. The second-order valence-corrected chi connectivity index (χ2v) is 7.50. The van der Waals surface area contributed by atoms with Gasteiger partial charge in [0, 0.05) is 17.8 Å². The summed E-state index contributed by atoms with van der Waals surface area (Å²) in [5, 5.41) is 2.62. The van der Waals surface area contributed by atoms with E-state index in [0.717, 1.165) is 17.4 Å². The average molecular weight is 407 g/mol. The zero-order valence-corrected chi connectivity index (χ0v) is 14.4. The van der Waals surface area contributed by atoms with Crippen LogP contribution < -0.4 is 10.1 Å². The number of hydrogen-bond donors (Lipinski definition) is 1. The molecule has 26 heavy (non-hydrogen) atoms. The van der Waals surface area contributed by atoms with E-state index in [4.69, 9.17) is 16.3 Å². The van der Waals surface area contributed by atoms with E-state index in [1.807, 2.05) is 0 Å². The fourth-order valence-electron chi connectivity index (χ4n) is 3.06. The first kappa shape index (κ1) is 17.2. The number of hydrogen-bond acceptors (Lipinski definition) is 5. The quantitative estimate of drug-likeness (QED) is 0.830. The highest BCUT2D eigenvalue weighted by Gasteiger charge is 2.51. The van der Waals surface area contributed by atoms with Gasteiger partial charge in [0.2, 0.25) is 0 Å². The maximum atomic E-state index is 12.7. The first-order valence-corrected chi connectivity index (χ1v) is 8.58. The Hall–Kier alpha value is -2.20. The number of carbonyl (C=O) groups is 2. The molecule has 2 fully saturated rings. The largest absolute Gasteiger partial charge is 0.573 e. The van der Waals surface area contributed by atoms with Crippen LogP contribution in [-0.4, -0.2) is 48.5 Å². The fraction of sp³-hybridized carbons (Fsp3) is 0.333. The van der Waals surface area contributed by atoms with Crippen LogP contribution in [0.5, 0.6) is 5.75 Å². The van der Waals surface area contributed by atoms with Crippen molar-refractivity contribution in [2.75, 3.05) is 19.7 Å². The topological polar surface area (TPSA) is 67.9 Å². The van der Waals surface area contributed by atoms with E-state index in [0.29, 0.717) is 4.70 Å². The summed E-state index contributed by atoms with van der Waals surface area (Å²) in [5.74, 6) is -0.868. The van der Waals surface area contributed by atoms with E-state index < -0.39 is 29.7 Å². The van der Waals surface area contributed by atoms with Crippen molar-refractivity contribution in [3.63, 3.8) is 0 Å². The van der Waals surface area contributed by atoms with E-state index in [2.05, 4.69) is 10.1 Å². The van der Waals surface area contributed by atoms with Gasteiger partial charge >= 0.3 is 12.5 Å². The number of rotatable bonds is 2. The van der Waals surface area contributed by atoms with Crippen molar-refractivity contribution in [1.29, 1.82) is 0 Å². The summed E-state index contributed by atoms with van der Waals surface area (Å²) in [7, 11) is 0. The number of thiophene rings is 1. The molecule has 138 valence electrons. The number of nitrogens with zero attached hydrogens (tertiary/aromatic N) is 1. The molecule has 4 rings (SSSR count). The van der Waals surface area contributed by atoms with Gasteiger partial charge in [-0.25, -0.2) is 4.79 Å². The molecule has 3 heterocycles. The Morgan fingerprint density at radius 2 is 2.12 bits per heavy atom. The summed E-state index contributed by atoms with van der Waals surface area (Å²) in [5.41, 5.74) is -0.597. The summed E-state index contributed by atoms with van der Waals surface area (Å²) in [6.07, 6.45) is -5.40. The second kappa shape index (κ2) is 5.65. The van der Waals surface area contributed by atoms with Crippen molar-refractivity contribution >= 4 is 45.0 Å². The van der Waals surface area contributed by atoms with E-state index in [1.165, 1.54) is 11.0 Å². The summed E-state index contributed by atoms with van der Waals surface area (Å²) >= 11 is 7.20. The van der Waals surface area contributed by atoms with Gasteiger partial charge < -0.3 is 19.7 Å².